The molecule has 4 nitrogen and oxygen atoms in total. The lowest BCUT2D eigenvalue weighted by Crippen LogP contribution is -2.24. The summed E-state index contributed by atoms with van der Waals surface area (Å²) in [7, 11) is 0. The van der Waals surface area contributed by atoms with Gasteiger partial charge in [-0.3, -0.25) is 0 Å². The molecule has 110 valence electrons. The van der Waals surface area contributed by atoms with Crippen LogP contribution in [0.3, 0.4) is 0 Å². The normalized spacial score (nSPS) is 18.4. The van der Waals surface area contributed by atoms with Crippen molar-refractivity contribution in [3.05, 3.63) is 28.8 Å². The Labute approximate surface area is 124 Å². The van der Waals surface area contributed by atoms with Crippen molar-refractivity contribution >= 4 is 17.6 Å². The summed E-state index contributed by atoms with van der Waals surface area (Å²) in [6, 6.07) is 5.49. The SMILES string of the molecule is CC(C)CNCc1c(Cl)cccc1OC1CCOC1=O. The number of halogens is 1. The van der Waals surface area contributed by atoms with Crippen LogP contribution in [0.15, 0.2) is 18.2 Å². The van der Waals surface area contributed by atoms with Gasteiger partial charge in [-0.05, 0) is 24.6 Å². The van der Waals surface area contributed by atoms with Crippen molar-refractivity contribution < 1.29 is 14.3 Å². The molecule has 0 aliphatic carbocycles. The van der Waals surface area contributed by atoms with Gasteiger partial charge < -0.3 is 14.8 Å². The molecule has 0 saturated carbocycles. The Bertz CT molecular complexity index is 476. The molecule has 1 fully saturated rings. The third-order valence-corrected chi connectivity index (χ3v) is 3.44. The fourth-order valence-corrected chi connectivity index (χ4v) is 2.28. The van der Waals surface area contributed by atoms with Crippen LogP contribution in [-0.4, -0.2) is 25.2 Å². The van der Waals surface area contributed by atoms with Crippen LogP contribution in [0.5, 0.6) is 5.75 Å². The van der Waals surface area contributed by atoms with E-state index in [2.05, 4.69) is 19.2 Å². The van der Waals surface area contributed by atoms with Gasteiger partial charge in [0.05, 0.1) is 6.61 Å². The molecule has 1 unspecified atom stereocenters. The topological polar surface area (TPSA) is 47.6 Å². The first-order chi connectivity index (χ1) is 9.58. The number of benzene rings is 1. The number of cyclic esters (lactones) is 1. The summed E-state index contributed by atoms with van der Waals surface area (Å²) < 4.78 is 10.7. The minimum absolute atomic E-state index is 0.300. The lowest BCUT2D eigenvalue weighted by molar-refractivity contribution is -0.143. The van der Waals surface area contributed by atoms with E-state index in [1.54, 1.807) is 0 Å². The summed E-state index contributed by atoms with van der Waals surface area (Å²) in [4.78, 5) is 11.5. The Kier molecular flexibility index (Phi) is 5.26. The summed E-state index contributed by atoms with van der Waals surface area (Å²) in [6.07, 6.45) is 0.0711. The molecule has 20 heavy (non-hydrogen) atoms. The molecule has 1 aromatic rings. The van der Waals surface area contributed by atoms with Crippen LogP contribution in [-0.2, 0) is 16.1 Å². The number of ether oxygens (including phenoxy) is 2. The molecule has 0 amide bonds. The van der Waals surface area contributed by atoms with E-state index in [4.69, 9.17) is 21.1 Å². The highest BCUT2D eigenvalue weighted by atomic mass is 35.5. The van der Waals surface area contributed by atoms with Crippen LogP contribution < -0.4 is 10.1 Å². The van der Waals surface area contributed by atoms with E-state index in [1.807, 2.05) is 18.2 Å². The van der Waals surface area contributed by atoms with Gasteiger partial charge in [0, 0.05) is 23.6 Å². The second kappa shape index (κ2) is 6.95. The van der Waals surface area contributed by atoms with Crippen molar-refractivity contribution in [3.8, 4) is 5.75 Å². The van der Waals surface area contributed by atoms with E-state index in [9.17, 15) is 4.79 Å². The van der Waals surface area contributed by atoms with Crippen LogP contribution in [0.2, 0.25) is 5.02 Å². The summed E-state index contributed by atoms with van der Waals surface area (Å²) in [5, 5.41) is 3.98. The average Bonchev–Trinajstić information content (AvgIpc) is 2.78. The Hall–Kier alpha value is -1.26. The number of carbonyl (C=O) groups excluding carboxylic acids is 1. The molecule has 1 saturated heterocycles. The molecule has 1 aromatic carbocycles. The van der Waals surface area contributed by atoms with Crippen LogP contribution in [0.1, 0.15) is 25.8 Å². The Morgan fingerprint density at radius 3 is 2.95 bits per heavy atom. The van der Waals surface area contributed by atoms with Gasteiger partial charge in [-0.15, -0.1) is 0 Å². The van der Waals surface area contributed by atoms with Crippen molar-refractivity contribution in [2.45, 2.75) is 32.9 Å². The summed E-state index contributed by atoms with van der Waals surface area (Å²) in [6.45, 7) is 6.23. The lowest BCUT2D eigenvalue weighted by atomic mass is 10.1. The van der Waals surface area contributed by atoms with Crippen LogP contribution >= 0.6 is 11.6 Å². The molecule has 1 aliphatic rings. The number of hydrogen-bond donors (Lipinski definition) is 1. The van der Waals surface area contributed by atoms with Crippen molar-refractivity contribution in [1.82, 2.24) is 5.32 Å². The number of esters is 1. The van der Waals surface area contributed by atoms with Crippen molar-refractivity contribution in [2.75, 3.05) is 13.2 Å². The second-order valence-electron chi connectivity index (χ2n) is 5.30. The number of rotatable bonds is 6. The van der Waals surface area contributed by atoms with E-state index in [0.717, 1.165) is 12.1 Å². The summed E-state index contributed by atoms with van der Waals surface area (Å²) >= 11 is 6.23. The maximum Gasteiger partial charge on any atom is 0.347 e. The highest BCUT2D eigenvalue weighted by molar-refractivity contribution is 6.31. The molecule has 0 aromatic heterocycles. The number of hydrogen-bond acceptors (Lipinski definition) is 4. The van der Waals surface area contributed by atoms with Gasteiger partial charge in [0.15, 0.2) is 6.10 Å². The minimum atomic E-state index is -0.516. The molecule has 0 spiro atoms. The van der Waals surface area contributed by atoms with Gasteiger partial charge in [0.25, 0.3) is 0 Å². The quantitative estimate of drug-likeness (QED) is 0.820. The van der Waals surface area contributed by atoms with Gasteiger partial charge in [-0.25, -0.2) is 4.79 Å². The van der Waals surface area contributed by atoms with Gasteiger partial charge >= 0.3 is 5.97 Å². The van der Waals surface area contributed by atoms with E-state index in [1.165, 1.54) is 0 Å². The molecule has 1 heterocycles. The summed E-state index contributed by atoms with van der Waals surface area (Å²) in [5.41, 5.74) is 0.884. The highest BCUT2D eigenvalue weighted by Crippen LogP contribution is 2.28. The Balaban J connectivity index is 2.07. The molecule has 1 atom stereocenters. The maximum absolute atomic E-state index is 11.5. The third-order valence-electron chi connectivity index (χ3n) is 3.09. The van der Waals surface area contributed by atoms with Gasteiger partial charge in [0.1, 0.15) is 5.75 Å². The second-order valence-corrected chi connectivity index (χ2v) is 5.71. The van der Waals surface area contributed by atoms with E-state index in [0.29, 0.717) is 36.3 Å². The largest absolute Gasteiger partial charge is 0.478 e. The lowest BCUT2D eigenvalue weighted by Gasteiger charge is -2.16. The molecule has 1 aliphatic heterocycles. The maximum atomic E-state index is 11.5. The first-order valence-electron chi connectivity index (χ1n) is 6.89. The van der Waals surface area contributed by atoms with E-state index < -0.39 is 6.10 Å². The highest BCUT2D eigenvalue weighted by Gasteiger charge is 2.29. The van der Waals surface area contributed by atoms with Crippen LogP contribution in [0, 0.1) is 5.92 Å². The van der Waals surface area contributed by atoms with Gasteiger partial charge in [-0.2, -0.15) is 0 Å². The Morgan fingerprint density at radius 2 is 2.30 bits per heavy atom. The first-order valence-corrected chi connectivity index (χ1v) is 7.27. The first kappa shape index (κ1) is 15.1. The van der Waals surface area contributed by atoms with Crippen LogP contribution in [0.4, 0.5) is 0 Å². The number of nitrogens with one attached hydrogen (secondary N) is 1. The molecule has 5 heteroatoms. The van der Waals surface area contributed by atoms with Crippen molar-refractivity contribution in [3.63, 3.8) is 0 Å². The van der Waals surface area contributed by atoms with Crippen molar-refractivity contribution in [2.24, 2.45) is 5.92 Å². The molecular formula is C15H20ClNO3. The Morgan fingerprint density at radius 1 is 1.50 bits per heavy atom. The van der Waals surface area contributed by atoms with E-state index >= 15 is 0 Å². The standard InChI is InChI=1S/C15H20ClNO3/c1-10(2)8-17-9-11-12(16)4-3-5-13(11)20-14-6-7-19-15(14)18/h3-5,10,14,17H,6-9H2,1-2H3. The van der Waals surface area contributed by atoms with Gasteiger partial charge in [-0.1, -0.05) is 31.5 Å². The predicted octanol–water partition coefficient (Wildman–Crippen LogP) is 2.78. The molecular weight excluding hydrogens is 278 g/mol. The molecule has 1 N–H and O–H groups in total. The average molecular weight is 298 g/mol. The third kappa shape index (κ3) is 3.87. The zero-order chi connectivity index (χ0) is 14.5. The van der Waals surface area contributed by atoms with Crippen LogP contribution in [0.25, 0.3) is 0 Å². The summed E-state index contributed by atoms with van der Waals surface area (Å²) in [5.74, 6) is 0.912. The minimum Gasteiger partial charge on any atom is -0.478 e. The van der Waals surface area contributed by atoms with Crippen molar-refractivity contribution in [1.29, 1.82) is 0 Å². The fourth-order valence-electron chi connectivity index (χ4n) is 2.04. The van der Waals surface area contributed by atoms with Gasteiger partial charge in [0.2, 0.25) is 0 Å². The zero-order valence-corrected chi connectivity index (χ0v) is 12.6. The van der Waals surface area contributed by atoms with E-state index in [-0.39, 0.29) is 5.97 Å². The number of carbonyl (C=O) groups is 1. The zero-order valence-electron chi connectivity index (χ0n) is 11.8. The fraction of sp³-hybridized carbons (Fsp3) is 0.533. The molecule has 0 radical (unpaired) electrons. The monoisotopic (exact) mass is 297 g/mol. The molecule has 2 rings (SSSR count). The predicted molar refractivity (Wildman–Crippen MR) is 78.0 cm³/mol. The smallest absolute Gasteiger partial charge is 0.347 e. The molecule has 0 bridgehead atoms.